The van der Waals surface area contributed by atoms with Gasteiger partial charge in [0.25, 0.3) is 0 Å². The maximum Gasteiger partial charge on any atom is 0.119 e. The highest BCUT2D eigenvalue weighted by molar-refractivity contribution is 5.99. The Morgan fingerprint density at radius 1 is 0.400 bits per heavy atom. The largest absolute Gasteiger partial charge is 0.494 e. The third-order valence-corrected chi connectivity index (χ3v) is 12.9. The van der Waals surface area contributed by atoms with Gasteiger partial charge in [0.2, 0.25) is 0 Å². The molecule has 10 rings (SSSR count). The molecule has 3 aromatic heterocycles. The molecule has 0 amide bonds. The Morgan fingerprint density at radius 3 is 1.12 bits per heavy atom. The average molecular weight is 849 g/mol. The van der Waals surface area contributed by atoms with Gasteiger partial charge in [-0.3, -0.25) is 0 Å². The molecule has 0 radical (unpaired) electrons. The second-order valence-electron chi connectivity index (χ2n) is 17.8. The molecule has 1 aliphatic carbocycles. The van der Waals surface area contributed by atoms with E-state index in [1.54, 1.807) is 0 Å². The van der Waals surface area contributed by atoms with E-state index in [0.717, 1.165) is 108 Å². The molecule has 65 heavy (non-hydrogen) atoms. The van der Waals surface area contributed by atoms with Crippen molar-refractivity contribution in [3.05, 3.63) is 185 Å². The quantitative estimate of drug-likeness (QED) is 0.107. The first-order chi connectivity index (χ1) is 31.9. The molecule has 5 heteroatoms. The fourth-order valence-electron chi connectivity index (χ4n) is 9.35. The minimum Gasteiger partial charge on any atom is -0.494 e. The summed E-state index contributed by atoms with van der Waals surface area (Å²) in [5, 5.41) is 0. The van der Waals surface area contributed by atoms with E-state index in [2.05, 4.69) is 201 Å². The van der Waals surface area contributed by atoms with E-state index in [1.807, 2.05) is 0 Å². The van der Waals surface area contributed by atoms with Crippen molar-refractivity contribution in [2.75, 3.05) is 6.61 Å². The lowest BCUT2D eigenvalue weighted by atomic mass is 10.0. The molecule has 2 aliphatic heterocycles. The summed E-state index contributed by atoms with van der Waals surface area (Å²) >= 11 is 0. The normalized spacial score (nSPS) is 13.0. The summed E-state index contributed by atoms with van der Waals surface area (Å²) in [5.41, 5.74) is 19.7. The van der Waals surface area contributed by atoms with Gasteiger partial charge in [-0.25, -0.2) is 9.97 Å². The van der Waals surface area contributed by atoms with Crippen molar-refractivity contribution in [2.24, 2.45) is 5.92 Å². The predicted molar refractivity (Wildman–Crippen MR) is 274 cm³/mol. The lowest BCUT2D eigenvalue weighted by Crippen LogP contribution is -1.97. The van der Waals surface area contributed by atoms with Gasteiger partial charge in [0, 0.05) is 44.3 Å². The molecule has 5 heterocycles. The van der Waals surface area contributed by atoms with Gasteiger partial charge in [0.15, 0.2) is 0 Å². The standard InChI is InChI=1S/C60H56N4O/c1-40-15-21-44(22-16-40)57-49-31-33-51(61-49)58(45-23-17-41(2)18-24-45)53-35-37-55(63-53)60(47-27-29-48(30-28-47)65-39-11-7-5-4-6-8-12-43-13-9-10-14-43)56-38-36-54(64-56)59(52-34-32-50(57)62-52)46-25-19-42(3)20-26-46/h9-10,13-38,43,61,64H,4-8,11-12,39H2,1-3H3. The number of hydrogen-bond acceptors (Lipinski definition) is 3. The number of nitrogens with one attached hydrogen (secondary N) is 2. The summed E-state index contributed by atoms with van der Waals surface area (Å²) in [6.07, 6.45) is 26.3. The smallest absolute Gasteiger partial charge is 0.119 e. The fraction of sp³-hybridized carbons (Fsp3) is 0.200. The van der Waals surface area contributed by atoms with Crippen LogP contribution in [0, 0.1) is 26.7 Å². The maximum absolute atomic E-state index is 6.30. The molecule has 7 aromatic rings. The molecule has 4 aromatic carbocycles. The number of fused-ring (bicyclic) bond motifs is 8. The van der Waals surface area contributed by atoms with Crippen LogP contribution in [-0.4, -0.2) is 26.5 Å². The lowest BCUT2D eigenvalue weighted by molar-refractivity contribution is 0.304. The number of aromatic amines is 2. The number of unbranched alkanes of at least 4 members (excludes halogenated alkanes) is 5. The van der Waals surface area contributed by atoms with Crippen LogP contribution in [0.2, 0.25) is 0 Å². The van der Waals surface area contributed by atoms with E-state index in [1.165, 1.54) is 55.2 Å². The molecule has 322 valence electrons. The number of nitrogens with zero attached hydrogens (tertiary/aromatic N) is 2. The number of allylic oxidation sites excluding steroid dienone is 4. The van der Waals surface area contributed by atoms with Gasteiger partial charge in [-0.15, -0.1) is 0 Å². The van der Waals surface area contributed by atoms with Gasteiger partial charge in [0.05, 0.1) is 29.4 Å². The number of aromatic nitrogens is 4. The van der Waals surface area contributed by atoms with Crippen LogP contribution in [0.3, 0.4) is 0 Å². The van der Waals surface area contributed by atoms with Gasteiger partial charge in [-0.05, 0) is 122 Å². The Hall–Kier alpha value is -7.24. The number of rotatable bonds is 14. The predicted octanol–water partition coefficient (Wildman–Crippen LogP) is 16.1. The molecule has 2 N–H and O–H groups in total. The van der Waals surface area contributed by atoms with Crippen molar-refractivity contribution < 1.29 is 4.74 Å². The van der Waals surface area contributed by atoms with Crippen LogP contribution in [0.5, 0.6) is 5.75 Å². The monoisotopic (exact) mass is 848 g/mol. The second kappa shape index (κ2) is 18.8. The van der Waals surface area contributed by atoms with E-state index in [9.17, 15) is 0 Å². The van der Waals surface area contributed by atoms with Crippen LogP contribution in [0.15, 0.2) is 146 Å². The maximum atomic E-state index is 6.30. The lowest BCUT2D eigenvalue weighted by Gasteiger charge is -2.09. The zero-order valence-electron chi connectivity index (χ0n) is 37.7. The molecule has 0 fully saturated rings. The van der Waals surface area contributed by atoms with Crippen molar-refractivity contribution in [3.63, 3.8) is 0 Å². The Labute approximate surface area is 383 Å². The SMILES string of the molecule is Cc1ccc(-c2c3nc(c(-c4ccc(C)cc4)c4ccc([nH]4)c(-c4ccc(OCCCCCCCCC5C=CC=C5)cc4)c4nc(c(-c5ccc(C)cc5)c5ccc2[nH]5)C=C4)C=C3)cc1. The summed E-state index contributed by atoms with van der Waals surface area (Å²) in [6, 6.07) is 43.5. The van der Waals surface area contributed by atoms with Gasteiger partial charge in [0.1, 0.15) is 5.75 Å². The Balaban J connectivity index is 1.08. The summed E-state index contributed by atoms with van der Waals surface area (Å²) < 4.78 is 6.30. The number of benzene rings is 4. The minimum atomic E-state index is 0.653. The topological polar surface area (TPSA) is 66.6 Å². The van der Waals surface area contributed by atoms with Gasteiger partial charge in [-0.2, -0.15) is 0 Å². The Bertz CT molecular complexity index is 3070. The first-order valence-corrected chi connectivity index (χ1v) is 23.4. The molecule has 0 atom stereocenters. The Kier molecular flexibility index (Phi) is 12.1. The fourth-order valence-corrected chi connectivity index (χ4v) is 9.35. The van der Waals surface area contributed by atoms with Gasteiger partial charge in [-0.1, -0.05) is 158 Å². The molecule has 0 unspecified atom stereocenters. The van der Waals surface area contributed by atoms with Crippen molar-refractivity contribution in [1.29, 1.82) is 0 Å². The van der Waals surface area contributed by atoms with Crippen molar-refractivity contribution in [1.82, 2.24) is 19.9 Å². The van der Waals surface area contributed by atoms with Crippen LogP contribution in [0.1, 0.15) is 84.4 Å². The molecular weight excluding hydrogens is 793 g/mol. The highest BCUT2D eigenvalue weighted by atomic mass is 16.5. The van der Waals surface area contributed by atoms with Gasteiger partial charge < -0.3 is 14.7 Å². The highest BCUT2D eigenvalue weighted by Gasteiger charge is 2.19. The zero-order chi connectivity index (χ0) is 44.1. The number of H-pyrrole nitrogens is 2. The molecule has 0 spiro atoms. The summed E-state index contributed by atoms with van der Waals surface area (Å²) in [6.45, 7) is 7.11. The average Bonchev–Trinajstić information content (AvgIpc) is 4.20. The van der Waals surface area contributed by atoms with Crippen LogP contribution in [-0.2, 0) is 0 Å². The number of ether oxygens (including phenoxy) is 1. The van der Waals surface area contributed by atoms with E-state index >= 15 is 0 Å². The first kappa shape index (κ1) is 41.8. The summed E-state index contributed by atoms with van der Waals surface area (Å²) in [4.78, 5) is 18.7. The van der Waals surface area contributed by atoms with Crippen LogP contribution in [0.25, 0.3) is 90.9 Å². The van der Waals surface area contributed by atoms with E-state index < -0.39 is 0 Å². The van der Waals surface area contributed by atoms with Crippen molar-refractivity contribution in [2.45, 2.75) is 65.7 Å². The molecule has 3 aliphatic rings. The third kappa shape index (κ3) is 9.23. The molecule has 0 saturated heterocycles. The number of hydrogen-bond donors (Lipinski definition) is 2. The second-order valence-corrected chi connectivity index (χ2v) is 17.8. The first-order valence-electron chi connectivity index (χ1n) is 23.4. The number of aryl methyl sites for hydroxylation is 3. The highest BCUT2D eigenvalue weighted by Crippen LogP contribution is 2.39. The van der Waals surface area contributed by atoms with E-state index in [4.69, 9.17) is 14.7 Å². The summed E-state index contributed by atoms with van der Waals surface area (Å²) in [5.74, 6) is 1.54. The van der Waals surface area contributed by atoms with Crippen LogP contribution in [0.4, 0.5) is 0 Å². The molecular formula is C60H56N4O. The van der Waals surface area contributed by atoms with E-state index in [0.29, 0.717) is 5.92 Å². The Morgan fingerprint density at radius 2 is 0.738 bits per heavy atom. The molecule has 0 saturated carbocycles. The van der Waals surface area contributed by atoms with Crippen LogP contribution < -0.4 is 4.74 Å². The molecule has 5 nitrogen and oxygen atoms in total. The van der Waals surface area contributed by atoms with Crippen molar-refractivity contribution in [3.8, 4) is 50.3 Å². The molecule has 8 bridgehead atoms. The minimum absolute atomic E-state index is 0.653. The summed E-state index contributed by atoms with van der Waals surface area (Å²) in [7, 11) is 0. The van der Waals surface area contributed by atoms with E-state index in [-0.39, 0.29) is 0 Å². The van der Waals surface area contributed by atoms with Crippen molar-refractivity contribution >= 4 is 46.4 Å². The zero-order valence-corrected chi connectivity index (χ0v) is 37.7. The van der Waals surface area contributed by atoms with Gasteiger partial charge >= 0.3 is 0 Å². The van der Waals surface area contributed by atoms with Crippen LogP contribution >= 0.6 is 0 Å². The third-order valence-electron chi connectivity index (χ3n) is 12.9.